The van der Waals surface area contributed by atoms with Gasteiger partial charge < -0.3 is 5.32 Å². The molecular formula is C21H25N3O2. The first-order chi connectivity index (χ1) is 12.6. The summed E-state index contributed by atoms with van der Waals surface area (Å²) >= 11 is 0. The lowest BCUT2D eigenvalue weighted by atomic mass is 9.89. The number of hydrogen-bond acceptors (Lipinski definition) is 3. The monoisotopic (exact) mass is 351 g/mol. The molecule has 0 saturated heterocycles. The molecular weight excluding hydrogens is 326 g/mol. The maximum atomic E-state index is 12.1. The Hall–Kier alpha value is -2.69. The highest BCUT2D eigenvalue weighted by atomic mass is 16.2. The molecule has 0 bridgehead atoms. The smallest absolute Gasteiger partial charge is 0.259 e. The van der Waals surface area contributed by atoms with E-state index in [9.17, 15) is 9.59 Å². The molecule has 1 saturated carbocycles. The van der Waals surface area contributed by atoms with Crippen LogP contribution in [-0.4, -0.2) is 24.1 Å². The van der Waals surface area contributed by atoms with E-state index in [1.54, 1.807) is 0 Å². The van der Waals surface area contributed by atoms with Crippen molar-refractivity contribution in [3.63, 3.8) is 0 Å². The Morgan fingerprint density at radius 1 is 1.04 bits per heavy atom. The van der Waals surface area contributed by atoms with E-state index in [2.05, 4.69) is 21.9 Å². The fourth-order valence-corrected chi connectivity index (χ4v) is 3.34. The SMILES string of the molecule is C/C(=N\NC(=O)CNC(=O)C1CCCCC1)c1ccc2ccccc2c1. The molecule has 2 amide bonds. The zero-order valence-electron chi connectivity index (χ0n) is 15.1. The molecule has 0 radical (unpaired) electrons. The van der Waals surface area contributed by atoms with Crippen molar-refractivity contribution in [2.24, 2.45) is 11.0 Å². The molecule has 0 spiro atoms. The van der Waals surface area contributed by atoms with Gasteiger partial charge in [0.25, 0.3) is 5.91 Å². The van der Waals surface area contributed by atoms with Crippen LogP contribution in [0.4, 0.5) is 0 Å². The minimum Gasteiger partial charge on any atom is -0.347 e. The quantitative estimate of drug-likeness (QED) is 0.640. The number of hydrogen-bond donors (Lipinski definition) is 2. The van der Waals surface area contributed by atoms with Crippen LogP contribution in [0.3, 0.4) is 0 Å². The van der Waals surface area contributed by atoms with Gasteiger partial charge in [-0.15, -0.1) is 0 Å². The number of nitrogens with one attached hydrogen (secondary N) is 2. The zero-order valence-corrected chi connectivity index (χ0v) is 15.1. The number of rotatable bonds is 5. The van der Waals surface area contributed by atoms with Gasteiger partial charge in [-0.25, -0.2) is 5.43 Å². The van der Waals surface area contributed by atoms with Crippen molar-refractivity contribution in [2.75, 3.05) is 6.54 Å². The topological polar surface area (TPSA) is 70.6 Å². The Kier molecular flexibility index (Phi) is 6.00. The van der Waals surface area contributed by atoms with E-state index < -0.39 is 0 Å². The molecule has 0 aliphatic heterocycles. The van der Waals surface area contributed by atoms with Gasteiger partial charge in [-0.1, -0.05) is 55.7 Å². The van der Waals surface area contributed by atoms with Crippen LogP contribution in [0.25, 0.3) is 10.8 Å². The van der Waals surface area contributed by atoms with Crippen LogP contribution in [0, 0.1) is 5.92 Å². The molecule has 2 aromatic carbocycles. The van der Waals surface area contributed by atoms with Gasteiger partial charge in [-0.2, -0.15) is 5.10 Å². The largest absolute Gasteiger partial charge is 0.347 e. The van der Waals surface area contributed by atoms with E-state index in [0.717, 1.165) is 42.3 Å². The Bertz CT molecular complexity index is 823. The molecule has 0 unspecified atom stereocenters. The molecule has 0 heterocycles. The van der Waals surface area contributed by atoms with E-state index in [1.807, 2.05) is 43.3 Å². The molecule has 1 aliphatic carbocycles. The first kappa shape index (κ1) is 18.1. The molecule has 2 N–H and O–H groups in total. The number of benzene rings is 2. The van der Waals surface area contributed by atoms with Crippen LogP contribution in [-0.2, 0) is 9.59 Å². The first-order valence-electron chi connectivity index (χ1n) is 9.23. The van der Waals surface area contributed by atoms with Crippen LogP contribution < -0.4 is 10.7 Å². The second-order valence-electron chi connectivity index (χ2n) is 6.85. The van der Waals surface area contributed by atoms with Crippen molar-refractivity contribution >= 4 is 28.3 Å². The predicted molar refractivity (Wildman–Crippen MR) is 104 cm³/mol. The average Bonchev–Trinajstić information content (AvgIpc) is 2.70. The molecule has 0 aromatic heterocycles. The lowest BCUT2D eigenvalue weighted by Crippen LogP contribution is -2.39. The van der Waals surface area contributed by atoms with E-state index in [-0.39, 0.29) is 24.3 Å². The van der Waals surface area contributed by atoms with Crippen LogP contribution in [0.5, 0.6) is 0 Å². The van der Waals surface area contributed by atoms with Crippen LogP contribution >= 0.6 is 0 Å². The van der Waals surface area contributed by atoms with E-state index in [4.69, 9.17) is 0 Å². The highest BCUT2D eigenvalue weighted by Crippen LogP contribution is 2.23. The van der Waals surface area contributed by atoms with Crippen LogP contribution in [0.15, 0.2) is 47.6 Å². The van der Waals surface area contributed by atoms with Gasteiger partial charge >= 0.3 is 0 Å². The van der Waals surface area contributed by atoms with Gasteiger partial charge in [0, 0.05) is 5.92 Å². The Morgan fingerprint density at radius 3 is 2.54 bits per heavy atom. The van der Waals surface area contributed by atoms with Gasteiger partial charge in [0.15, 0.2) is 0 Å². The van der Waals surface area contributed by atoms with E-state index >= 15 is 0 Å². The molecule has 0 atom stereocenters. The second-order valence-corrected chi connectivity index (χ2v) is 6.85. The van der Waals surface area contributed by atoms with Gasteiger partial charge in [0.1, 0.15) is 0 Å². The molecule has 2 aromatic rings. The average molecular weight is 351 g/mol. The summed E-state index contributed by atoms with van der Waals surface area (Å²) in [7, 11) is 0. The van der Waals surface area contributed by atoms with E-state index in [0.29, 0.717) is 0 Å². The summed E-state index contributed by atoms with van der Waals surface area (Å²) in [5.74, 6) is -0.274. The molecule has 5 heteroatoms. The van der Waals surface area contributed by atoms with Crippen LogP contribution in [0.1, 0.15) is 44.6 Å². The maximum Gasteiger partial charge on any atom is 0.259 e. The second kappa shape index (κ2) is 8.61. The van der Waals surface area contributed by atoms with Crippen molar-refractivity contribution in [1.29, 1.82) is 0 Å². The molecule has 3 rings (SSSR count). The highest BCUT2D eigenvalue weighted by molar-refractivity contribution is 6.02. The summed E-state index contributed by atoms with van der Waals surface area (Å²) in [6, 6.07) is 14.2. The molecule has 26 heavy (non-hydrogen) atoms. The Balaban J connectivity index is 1.52. The minimum atomic E-state index is -0.311. The third-order valence-corrected chi connectivity index (χ3v) is 4.91. The Labute approximate surface area is 153 Å². The maximum absolute atomic E-state index is 12.1. The number of nitrogens with zero attached hydrogens (tertiary/aromatic N) is 1. The Morgan fingerprint density at radius 2 is 1.77 bits per heavy atom. The summed E-state index contributed by atoms with van der Waals surface area (Å²) in [6.07, 6.45) is 5.24. The van der Waals surface area contributed by atoms with Gasteiger partial charge in [0.05, 0.1) is 12.3 Å². The normalized spacial score (nSPS) is 15.7. The lowest BCUT2D eigenvalue weighted by molar-refractivity contribution is -0.129. The van der Waals surface area contributed by atoms with Gasteiger partial charge in [-0.3, -0.25) is 9.59 Å². The summed E-state index contributed by atoms with van der Waals surface area (Å²) in [5, 5.41) is 9.17. The number of carbonyl (C=O) groups is 2. The summed E-state index contributed by atoms with van der Waals surface area (Å²) in [4.78, 5) is 24.0. The predicted octanol–water partition coefficient (Wildman–Crippen LogP) is 3.38. The van der Waals surface area contributed by atoms with Crippen molar-refractivity contribution in [2.45, 2.75) is 39.0 Å². The van der Waals surface area contributed by atoms with Crippen LogP contribution in [0.2, 0.25) is 0 Å². The van der Waals surface area contributed by atoms with Gasteiger partial charge in [0.2, 0.25) is 5.91 Å². The van der Waals surface area contributed by atoms with Crippen molar-refractivity contribution in [1.82, 2.24) is 10.7 Å². The molecule has 5 nitrogen and oxygen atoms in total. The molecule has 1 aliphatic rings. The van der Waals surface area contributed by atoms with Crippen molar-refractivity contribution in [3.05, 3.63) is 48.0 Å². The molecule has 1 fully saturated rings. The fraction of sp³-hybridized carbons (Fsp3) is 0.381. The fourth-order valence-electron chi connectivity index (χ4n) is 3.34. The van der Waals surface area contributed by atoms with E-state index in [1.165, 1.54) is 11.8 Å². The number of carbonyl (C=O) groups excluding carboxylic acids is 2. The lowest BCUT2D eigenvalue weighted by Gasteiger charge is -2.20. The van der Waals surface area contributed by atoms with Gasteiger partial charge in [-0.05, 0) is 42.2 Å². The number of hydrazone groups is 1. The minimum absolute atomic E-state index is 0.0184. The zero-order chi connectivity index (χ0) is 18.4. The number of fused-ring (bicyclic) bond motifs is 1. The summed E-state index contributed by atoms with van der Waals surface area (Å²) < 4.78 is 0. The third kappa shape index (κ3) is 4.69. The standard InChI is InChI=1S/C21H25N3O2/c1-15(18-12-11-16-7-5-6-10-19(16)13-18)23-24-20(25)14-22-21(26)17-8-3-2-4-9-17/h5-7,10-13,17H,2-4,8-9,14H2,1H3,(H,22,26)(H,24,25)/b23-15+. The third-order valence-electron chi connectivity index (χ3n) is 4.91. The summed E-state index contributed by atoms with van der Waals surface area (Å²) in [6.45, 7) is 1.81. The summed E-state index contributed by atoms with van der Waals surface area (Å²) in [5.41, 5.74) is 4.20. The van der Waals surface area contributed by atoms with Crippen molar-refractivity contribution < 1.29 is 9.59 Å². The molecule has 136 valence electrons. The van der Waals surface area contributed by atoms with Crippen molar-refractivity contribution in [3.8, 4) is 0 Å². The first-order valence-corrected chi connectivity index (χ1v) is 9.23. The highest BCUT2D eigenvalue weighted by Gasteiger charge is 2.21. The number of amides is 2.